The molecular weight excluding hydrogens is 442 g/mol. The zero-order chi connectivity index (χ0) is 25.7. The smallest absolute Gasteiger partial charge is 0.410 e. The van der Waals surface area contributed by atoms with Crippen molar-refractivity contribution < 1.29 is 14.3 Å². The Morgan fingerprint density at radius 1 is 1.17 bits per heavy atom. The van der Waals surface area contributed by atoms with E-state index in [1.807, 2.05) is 18.2 Å². The second kappa shape index (κ2) is 8.73. The van der Waals surface area contributed by atoms with Crippen LogP contribution in [0.25, 0.3) is 22.3 Å². The van der Waals surface area contributed by atoms with Gasteiger partial charge in [-0.2, -0.15) is 5.10 Å². The summed E-state index contributed by atoms with van der Waals surface area (Å²) in [6, 6.07) is 7.30. The van der Waals surface area contributed by atoms with Gasteiger partial charge in [-0.25, -0.2) is 4.79 Å². The number of hydrogen-bond donors (Lipinski definition) is 2. The third-order valence-electron chi connectivity index (χ3n) is 6.86. The zero-order valence-electron chi connectivity index (χ0n) is 22.1. The van der Waals surface area contributed by atoms with Gasteiger partial charge in [0.2, 0.25) is 5.91 Å². The molecule has 1 atom stereocenters. The number of rotatable bonds is 4. The number of carbonyl (C=O) groups excluding carboxylic acids is 2. The Hall–Kier alpha value is -3.29. The molecule has 2 amide bonds. The quantitative estimate of drug-likeness (QED) is 0.531. The van der Waals surface area contributed by atoms with E-state index in [2.05, 4.69) is 35.1 Å². The van der Waals surface area contributed by atoms with E-state index in [9.17, 15) is 9.59 Å². The number of nitrogens with one attached hydrogen (secondary N) is 2. The number of benzene rings is 1. The maximum atomic E-state index is 13.1. The first kappa shape index (κ1) is 24.8. The van der Waals surface area contributed by atoms with E-state index >= 15 is 0 Å². The number of carbonyl (C=O) groups is 2. The van der Waals surface area contributed by atoms with Crippen LogP contribution >= 0.6 is 0 Å². The van der Waals surface area contributed by atoms with E-state index in [1.165, 1.54) is 16.2 Å². The predicted octanol–water partition coefficient (Wildman–Crippen LogP) is 5.29. The van der Waals surface area contributed by atoms with Gasteiger partial charge in [0.25, 0.3) is 0 Å². The molecule has 2 aromatic heterocycles. The third kappa shape index (κ3) is 5.06. The normalized spacial score (nSPS) is 16.0. The fourth-order valence-electron chi connectivity index (χ4n) is 4.59. The van der Waals surface area contributed by atoms with Crippen molar-refractivity contribution in [1.29, 1.82) is 0 Å². The maximum Gasteiger partial charge on any atom is 0.410 e. The number of anilines is 1. The minimum Gasteiger partial charge on any atom is -0.444 e. The molecule has 4 rings (SSSR count). The second-order valence-corrected chi connectivity index (χ2v) is 11.5. The van der Waals surface area contributed by atoms with Crippen LogP contribution in [0, 0.1) is 5.41 Å². The molecule has 8 nitrogen and oxygen atoms in total. The SMILES string of the molecule is CC(C(=O)N(C)c1ccc2cc(-c3n[nH]c4c3CCC(C)(C)C4)[nH]c2c1)N(C)C(=O)OC(C)(C)C. The summed E-state index contributed by atoms with van der Waals surface area (Å²) < 4.78 is 5.41. The molecule has 0 saturated carbocycles. The molecule has 3 aromatic rings. The number of fused-ring (bicyclic) bond motifs is 2. The van der Waals surface area contributed by atoms with Crippen molar-refractivity contribution in [2.24, 2.45) is 5.41 Å². The van der Waals surface area contributed by atoms with Gasteiger partial charge in [-0.1, -0.05) is 19.9 Å². The average molecular weight is 480 g/mol. The topological polar surface area (TPSA) is 94.3 Å². The lowest BCUT2D eigenvalue weighted by Gasteiger charge is -2.30. The van der Waals surface area contributed by atoms with E-state index in [1.54, 1.807) is 46.7 Å². The Morgan fingerprint density at radius 2 is 1.89 bits per heavy atom. The van der Waals surface area contributed by atoms with Crippen LogP contribution in [0.1, 0.15) is 59.2 Å². The predicted molar refractivity (Wildman–Crippen MR) is 139 cm³/mol. The summed E-state index contributed by atoms with van der Waals surface area (Å²) in [5.74, 6) is -0.200. The highest BCUT2D eigenvalue weighted by Crippen LogP contribution is 2.38. The van der Waals surface area contributed by atoms with Gasteiger partial charge < -0.3 is 14.6 Å². The number of amides is 2. The molecular formula is C27H37N5O3. The van der Waals surface area contributed by atoms with E-state index in [0.29, 0.717) is 0 Å². The number of hydrogen-bond acceptors (Lipinski definition) is 4. The van der Waals surface area contributed by atoms with Crippen LogP contribution in [0.5, 0.6) is 0 Å². The maximum absolute atomic E-state index is 13.1. The zero-order valence-corrected chi connectivity index (χ0v) is 22.1. The molecule has 2 heterocycles. The minimum atomic E-state index is -0.676. The van der Waals surface area contributed by atoms with Gasteiger partial charge in [0, 0.05) is 41.9 Å². The Kier molecular flexibility index (Phi) is 6.19. The van der Waals surface area contributed by atoms with Gasteiger partial charge in [0.15, 0.2) is 0 Å². The number of H-pyrrole nitrogens is 2. The van der Waals surface area contributed by atoms with Gasteiger partial charge in [-0.15, -0.1) is 0 Å². The molecule has 0 radical (unpaired) electrons. The molecule has 0 spiro atoms. The van der Waals surface area contributed by atoms with E-state index in [4.69, 9.17) is 4.74 Å². The molecule has 8 heteroatoms. The Balaban J connectivity index is 1.54. The van der Waals surface area contributed by atoms with Gasteiger partial charge in [-0.05, 0) is 70.6 Å². The summed E-state index contributed by atoms with van der Waals surface area (Å²) >= 11 is 0. The molecule has 0 fully saturated rings. The number of aromatic amines is 2. The van der Waals surface area contributed by atoms with E-state index in [0.717, 1.165) is 47.2 Å². The fraction of sp³-hybridized carbons (Fsp3) is 0.519. The molecule has 188 valence electrons. The molecule has 1 aliphatic carbocycles. The van der Waals surface area contributed by atoms with Gasteiger partial charge in [0.1, 0.15) is 17.3 Å². The summed E-state index contributed by atoms with van der Waals surface area (Å²) in [6.07, 6.45) is 2.62. The highest BCUT2D eigenvalue weighted by atomic mass is 16.6. The van der Waals surface area contributed by atoms with Crippen LogP contribution in [-0.4, -0.2) is 57.8 Å². The highest BCUT2D eigenvalue weighted by molar-refractivity contribution is 6.00. The molecule has 0 saturated heterocycles. The van der Waals surface area contributed by atoms with Crippen molar-refractivity contribution in [2.45, 2.75) is 72.4 Å². The number of ether oxygens (including phenoxy) is 1. The van der Waals surface area contributed by atoms with E-state index in [-0.39, 0.29) is 11.3 Å². The lowest BCUT2D eigenvalue weighted by atomic mass is 9.76. The van der Waals surface area contributed by atoms with Crippen LogP contribution in [0.15, 0.2) is 24.3 Å². The van der Waals surface area contributed by atoms with Crippen LogP contribution in [0.4, 0.5) is 10.5 Å². The summed E-state index contributed by atoms with van der Waals surface area (Å²) in [7, 11) is 3.30. The Labute approximate surface area is 207 Å². The Morgan fingerprint density at radius 3 is 2.57 bits per heavy atom. The van der Waals surface area contributed by atoms with Crippen LogP contribution in [0.2, 0.25) is 0 Å². The molecule has 1 aromatic carbocycles. The molecule has 2 N–H and O–H groups in total. The van der Waals surface area contributed by atoms with Gasteiger partial charge in [-0.3, -0.25) is 14.8 Å². The van der Waals surface area contributed by atoms with Gasteiger partial charge >= 0.3 is 6.09 Å². The first-order chi connectivity index (χ1) is 16.3. The van der Waals surface area contributed by atoms with Crippen LogP contribution in [-0.2, 0) is 22.4 Å². The third-order valence-corrected chi connectivity index (χ3v) is 6.86. The largest absolute Gasteiger partial charge is 0.444 e. The van der Waals surface area contributed by atoms with Crippen LogP contribution in [0.3, 0.4) is 0 Å². The Bertz CT molecular complexity index is 1260. The van der Waals surface area contributed by atoms with Crippen molar-refractivity contribution in [3.05, 3.63) is 35.5 Å². The fourth-order valence-corrected chi connectivity index (χ4v) is 4.59. The van der Waals surface area contributed by atoms with Crippen molar-refractivity contribution in [3.8, 4) is 11.4 Å². The number of likely N-dealkylation sites (N-methyl/N-ethyl adjacent to an activating group) is 2. The summed E-state index contributed by atoms with van der Waals surface area (Å²) in [4.78, 5) is 32.0. The monoisotopic (exact) mass is 479 g/mol. The summed E-state index contributed by atoms with van der Waals surface area (Å²) in [5, 5.41) is 8.93. The van der Waals surface area contributed by atoms with Crippen molar-refractivity contribution >= 4 is 28.6 Å². The first-order valence-corrected chi connectivity index (χ1v) is 12.2. The van der Waals surface area contributed by atoms with Crippen molar-refractivity contribution in [2.75, 3.05) is 19.0 Å². The standard InChI is InChI=1S/C27H37N5O3/c1-16(31(7)25(34)35-26(2,3)4)24(33)32(8)18-10-9-17-13-21(28-20(17)14-18)23-19-11-12-27(5,6)15-22(19)29-30-23/h9-10,13-14,16,28H,11-12,15H2,1-8H3,(H,29,30). The lowest BCUT2D eigenvalue weighted by Crippen LogP contribution is -2.48. The summed E-state index contributed by atoms with van der Waals surface area (Å²) in [6.45, 7) is 11.7. The van der Waals surface area contributed by atoms with Gasteiger partial charge in [0.05, 0.1) is 5.69 Å². The van der Waals surface area contributed by atoms with Crippen LogP contribution < -0.4 is 4.90 Å². The number of nitrogens with zero attached hydrogens (tertiary/aromatic N) is 3. The number of aromatic nitrogens is 3. The first-order valence-electron chi connectivity index (χ1n) is 12.2. The van der Waals surface area contributed by atoms with Crippen molar-refractivity contribution in [3.63, 3.8) is 0 Å². The average Bonchev–Trinajstić information content (AvgIpc) is 3.37. The molecule has 0 bridgehead atoms. The highest BCUT2D eigenvalue weighted by Gasteiger charge is 2.31. The minimum absolute atomic E-state index is 0.200. The molecule has 1 aliphatic rings. The molecule has 0 aliphatic heterocycles. The van der Waals surface area contributed by atoms with E-state index < -0.39 is 17.7 Å². The summed E-state index contributed by atoms with van der Waals surface area (Å²) in [5.41, 5.74) is 5.81. The molecule has 35 heavy (non-hydrogen) atoms. The lowest BCUT2D eigenvalue weighted by molar-refractivity contribution is -0.122. The second-order valence-electron chi connectivity index (χ2n) is 11.5. The van der Waals surface area contributed by atoms with Crippen molar-refractivity contribution in [1.82, 2.24) is 20.1 Å². The molecule has 1 unspecified atom stereocenters.